The number of hydrogen-bond acceptors (Lipinski definition) is 3. The SMILES string of the molecule is O=[PH](O)OC(F)c1cccc(Br)n1. The van der Waals surface area contributed by atoms with E-state index in [0.29, 0.717) is 4.60 Å². The largest absolute Gasteiger partial charge is 0.326 e. The van der Waals surface area contributed by atoms with Crippen LogP contribution in [-0.4, -0.2) is 9.88 Å². The first kappa shape index (κ1) is 10.8. The first-order valence-corrected chi connectivity index (χ1v) is 5.31. The maximum absolute atomic E-state index is 12.9. The van der Waals surface area contributed by atoms with E-state index >= 15 is 0 Å². The van der Waals surface area contributed by atoms with Gasteiger partial charge in [0.1, 0.15) is 10.3 Å². The molecule has 0 spiro atoms. The van der Waals surface area contributed by atoms with Gasteiger partial charge < -0.3 is 4.89 Å². The molecule has 0 bridgehead atoms. The van der Waals surface area contributed by atoms with Gasteiger partial charge in [0.25, 0.3) is 0 Å². The van der Waals surface area contributed by atoms with Crippen LogP contribution in [0.5, 0.6) is 0 Å². The molecule has 72 valence electrons. The highest BCUT2D eigenvalue weighted by atomic mass is 79.9. The van der Waals surface area contributed by atoms with E-state index in [4.69, 9.17) is 4.89 Å². The van der Waals surface area contributed by atoms with Crippen LogP contribution in [0.25, 0.3) is 0 Å². The Labute approximate surface area is 82.8 Å². The average molecular weight is 270 g/mol. The quantitative estimate of drug-likeness (QED) is 0.675. The lowest BCUT2D eigenvalue weighted by atomic mass is 10.4. The normalized spacial score (nSPS) is 15.3. The lowest BCUT2D eigenvalue weighted by molar-refractivity contribution is 0.0595. The van der Waals surface area contributed by atoms with E-state index in [0.717, 1.165) is 0 Å². The van der Waals surface area contributed by atoms with Crippen molar-refractivity contribution >= 4 is 24.2 Å². The molecule has 0 aliphatic heterocycles. The van der Waals surface area contributed by atoms with Crippen LogP contribution in [0.15, 0.2) is 22.8 Å². The molecular weight excluding hydrogens is 264 g/mol. The molecular formula is C6H6BrFNO3P. The molecule has 1 N–H and O–H groups in total. The van der Waals surface area contributed by atoms with Gasteiger partial charge >= 0.3 is 8.25 Å². The van der Waals surface area contributed by atoms with E-state index in [1.165, 1.54) is 6.07 Å². The van der Waals surface area contributed by atoms with Crippen molar-refractivity contribution in [3.63, 3.8) is 0 Å². The summed E-state index contributed by atoms with van der Waals surface area (Å²) in [4.78, 5) is 12.0. The summed E-state index contributed by atoms with van der Waals surface area (Å²) in [7, 11) is -3.27. The van der Waals surface area contributed by atoms with Crippen LogP contribution in [0.4, 0.5) is 4.39 Å². The number of rotatable bonds is 3. The summed E-state index contributed by atoms with van der Waals surface area (Å²) in [5.41, 5.74) is -0.0400. The molecule has 1 heterocycles. The average Bonchev–Trinajstić information content (AvgIpc) is 2.03. The zero-order valence-electron chi connectivity index (χ0n) is 6.28. The van der Waals surface area contributed by atoms with Crippen LogP contribution in [0.1, 0.15) is 12.1 Å². The number of pyridine rings is 1. The van der Waals surface area contributed by atoms with Crippen LogP contribution < -0.4 is 0 Å². The van der Waals surface area contributed by atoms with E-state index in [1.54, 1.807) is 12.1 Å². The molecule has 0 amide bonds. The minimum atomic E-state index is -3.27. The number of nitrogens with zero attached hydrogens (tertiary/aromatic N) is 1. The van der Waals surface area contributed by atoms with Crippen molar-refractivity contribution in [3.05, 3.63) is 28.5 Å². The Kier molecular flexibility index (Phi) is 3.99. The van der Waals surface area contributed by atoms with Crippen molar-refractivity contribution in [2.24, 2.45) is 0 Å². The third-order valence-corrected chi connectivity index (χ3v) is 2.02. The van der Waals surface area contributed by atoms with Gasteiger partial charge in [0.15, 0.2) is 0 Å². The van der Waals surface area contributed by atoms with Gasteiger partial charge in [-0.05, 0) is 28.1 Å². The van der Waals surface area contributed by atoms with Crippen molar-refractivity contribution in [1.82, 2.24) is 4.98 Å². The molecule has 2 atom stereocenters. The number of alkyl halides is 1. The third kappa shape index (κ3) is 3.52. The predicted octanol–water partition coefficient (Wildman–Crippen LogP) is 2.21. The highest BCUT2D eigenvalue weighted by molar-refractivity contribution is 9.10. The van der Waals surface area contributed by atoms with Crippen molar-refractivity contribution in [1.29, 1.82) is 0 Å². The molecule has 4 nitrogen and oxygen atoms in total. The summed E-state index contributed by atoms with van der Waals surface area (Å²) < 4.78 is 27.6. The Morgan fingerprint density at radius 3 is 2.92 bits per heavy atom. The second-order valence-corrected chi connectivity index (χ2v) is 3.66. The summed E-state index contributed by atoms with van der Waals surface area (Å²) in [6.07, 6.45) is -1.96. The lowest BCUT2D eigenvalue weighted by Crippen LogP contribution is -1.96. The van der Waals surface area contributed by atoms with Crippen LogP contribution in [0.2, 0.25) is 0 Å². The van der Waals surface area contributed by atoms with Crippen LogP contribution in [0, 0.1) is 0 Å². The van der Waals surface area contributed by atoms with Crippen LogP contribution in [-0.2, 0) is 9.09 Å². The number of hydrogen-bond donors (Lipinski definition) is 1. The van der Waals surface area contributed by atoms with Gasteiger partial charge in [0.05, 0.1) is 0 Å². The summed E-state index contributed by atoms with van der Waals surface area (Å²) in [6, 6.07) is 4.52. The Bertz CT molecular complexity index is 325. The van der Waals surface area contributed by atoms with E-state index in [1.807, 2.05) is 0 Å². The summed E-state index contributed by atoms with van der Waals surface area (Å²) >= 11 is 3.03. The number of halogens is 2. The minimum absolute atomic E-state index is 0.0400. The molecule has 0 fully saturated rings. The zero-order chi connectivity index (χ0) is 9.84. The smallest absolute Gasteiger partial charge is 0.319 e. The first-order valence-electron chi connectivity index (χ1n) is 3.25. The molecule has 1 rings (SSSR count). The Morgan fingerprint density at radius 1 is 1.69 bits per heavy atom. The van der Waals surface area contributed by atoms with E-state index in [2.05, 4.69) is 25.4 Å². The fourth-order valence-corrected chi connectivity index (χ4v) is 1.35. The molecule has 0 aromatic carbocycles. The Morgan fingerprint density at radius 2 is 2.38 bits per heavy atom. The van der Waals surface area contributed by atoms with E-state index < -0.39 is 14.6 Å². The van der Waals surface area contributed by atoms with Crippen LogP contribution >= 0.6 is 24.2 Å². The molecule has 0 aliphatic rings. The maximum atomic E-state index is 12.9. The third-order valence-electron chi connectivity index (χ3n) is 1.17. The molecule has 7 heteroatoms. The molecule has 1 aromatic rings. The van der Waals surface area contributed by atoms with Gasteiger partial charge in [-0.1, -0.05) is 6.07 Å². The maximum Gasteiger partial charge on any atom is 0.319 e. The molecule has 2 unspecified atom stereocenters. The van der Waals surface area contributed by atoms with Gasteiger partial charge in [-0.25, -0.2) is 9.37 Å². The lowest BCUT2D eigenvalue weighted by Gasteiger charge is -2.05. The summed E-state index contributed by atoms with van der Waals surface area (Å²) in [5.74, 6) is 0. The van der Waals surface area contributed by atoms with Crippen molar-refractivity contribution in [2.75, 3.05) is 0 Å². The zero-order valence-corrected chi connectivity index (χ0v) is 8.86. The minimum Gasteiger partial charge on any atom is -0.326 e. The molecule has 13 heavy (non-hydrogen) atoms. The van der Waals surface area contributed by atoms with E-state index in [-0.39, 0.29) is 5.69 Å². The standard InChI is InChI=1S/C6H6BrFNO3P/c7-5-3-1-2-4(9-5)6(8)12-13(10)11/h1-3,6,13H,(H,10,11). The van der Waals surface area contributed by atoms with Gasteiger partial charge in [-0.3, -0.25) is 9.09 Å². The van der Waals surface area contributed by atoms with E-state index in [9.17, 15) is 8.96 Å². The highest BCUT2D eigenvalue weighted by Gasteiger charge is 2.13. The van der Waals surface area contributed by atoms with Crippen molar-refractivity contribution in [2.45, 2.75) is 6.36 Å². The predicted molar refractivity (Wildman–Crippen MR) is 48.1 cm³/mol. The van der Waals surface area contributed by atoms with Gasteiger partial charge in [-0.15, -0.1) is 0 Å². The molecule has 0 aliphatic carbocycles. The number of aromatic nitrogens is 1. The van der Waals surface area contributed by atoms with Gasteiger partial charge in [-0.2, -0.15) is 0 Å². The fourth-order valence-electron chi connectivity index (χ4n) is 0.699. The Hall–Kier alpha value is -0.290. The molecule has 0 saturated carbocycles. The molecule has 0 saturated heterocycles. The van der Waals surface area contributed by atoms with Crippen molar-refractivity contribution < 1.29 is 18.4 Å². The second-order valence-electron chi connectivity index (χ2n) is 2.08. The molecule has 0 radical (unpaired) electrons. The monoisotopic (exact) mass is 269 g/mol. The summed E-state index contributed by atoms with van der Waals surface area (Å²) in [5, 5.41) is 0. The fraction of sp³-hybridized carbons (Fsp3) is 0.167. The van der Waals surface area contributed by atoms with Crippen LogP contribution in [0.3, 0.4) is 0 Å². The first-order chi connectivity index (χ1) is 6.09. The summed E-state index contributed by atoms with van der Waals surface area (Å²) in [6.45, 7) is 0. The molecule has 1 aromatic heterocycles. The highest BCUT2D eigenvalue weighted by Crippen LogP contribution is 2.28. The topological polar surface area (TPSA) is 59.4 Å². The van der Waals surface area contributed by atoms with Crippen molar-refractivity contribution in [3.8, 4) is 0 Å². The van der Waals surface area contributed by atoms with Gasteiger partial charge in [0, 0.05) is 0 Å². The second kappa shape index (κ2) is 4.81. The van der Waals surface area contributed by atoms with Gasteiger partial charge in [0.2, 0.25) is 6.36 Å². The Balaban J connectivity index is 2.76.